The van der Waals surface area contributed by atoms with Crippen molar-refractivity contribution in [3.63, 3.8) is 0 Å². The topological polar surface area (TPSA) is 59.0 Å². The molecule has 0 aliphatic carbocycles. The second kappa shape index (κ2) is 6.98. The third-order valence-corrected chi connectivity index (χ3v) is 5.52. The SMILES string of the molecule is Cn1cc([C@H]2CNC[C@@H]2C(=O)NC(C)(C)c2ccc(Cl)c(Cl)c2)cn1. The second-order valence-electron chi connectivity index (χ2n) is 7.06. The van der Waals surface area contributed by atoms with Crippen LogP contribution in [0.1, 0.15) is 30.9 Å². The van der Waals surface area contributed by atoms with Crippen LogP contribution in [-0.4, -0.2) is 28.8 Å². The van der Waals surface area contributed by atoms with E-state index in [-0.39, 0.29) is 17.7 Å². The Morgan fingerprint density at radius 3 is 2.72 bits per heavy atom. The fourth-order valence-corrected chi connectivity index (χ4v) is 3.59. The number of halogens is 2. The van der Waals surface area contributed by atoms with Crippen molar-refractivity contribution in [2.45, 2.75) is 25.3 Å². The Hall–Kier alpha value is -1.56. The van der Waals surface area contributed by atoms with Crippen molar-refractivity contribution >= 4 is 29.1 Å². The molecule has 0 unspecified atom stereocenters. The molecule has 0 saturated carbocycles. The van der Waals surface area contributed by atoms with Gasteiger partial charge in [-0.1, -0.05) is 29.3 Å². The summed E-state index contributed by atoms with van der Waals surface area (Å²) in [6, 6.07) is 5.44. The highest BCUT2D eigenvalue weighted by Gasteiger charge is 2.37. The molecule has 25 heavy (non-hydrogen) atoms. The first kappa shape index (κ1) is 18.2. The molecule has 7 heteroatoms. The van der Waals surface area contributed by atoms with Crippen molar-refractivity contribution < 1.29 is 4.79 Å². The standard InChI is InChI=1S/C18H22Cl2N4O/c1-18(2,12-4-5-15(19)16(20)6-12)23-17(25)14-9-21-8-13(14)11-7-22-24(3)10-11/h4-7,10,13-14,21H,8-9H2,1-3H3,(H,23,25)/t13-,14+/m1/s1. The minimum Gasteiger partial charge on any atom is -0.347 e. The predicted octanol–water partition coefficient (Wildman–Crippen LogP) is 3.08. The average Bonchev–Trinajstić information content (AvgIpc) is 3.17. The first-order valence-corrected chi connectivity index (χ1v) is 9.00. The fraction of sp³-hybridized carbons (Fsp3) is 0.444. The molecule has 2 aromatic rings. The van der Waals surface area contributed by atoms with E-state index in [4.69, 9.17) is 23.2 Å². The van der Waals surface area contributed by atoms with Crippen LogP contribution in [0.2, 0.25) is 10.0 Å². The Kier molecular flexibility index (Phi) is 5.09. The van der Waals surface area contributed by atoms with E-state index in [1.165, 1.54) is 0 Å². The average molecular weight is 381 g/mol. The summed E-state index contributed by atoms with van der Waals surface area (Å²) in [4.78, 5) is 12.9. The number of rotatable bonds is 4. The van der Waals surface area contributed by atoms with E-state index in [9.17, 15) is 4.79 Å². The molecule has 0 bridgehead atoms. The lowest BCUT2D eigenvalue weighted by Gasteiger charge is -2.30. The number of nitrogens with one attached hydrogen (secondary N) is 2. The van der Waals surface area contributed by atoms with Crippen LogP contribution in [0, 0.1) is 5.92 Å². The summed E-state index contributed by atoms with van der Waals surface area (Å²) < 4.78 is 1.77. The van der Waals surface area contributed by atoms with Crippen LogP contribution in [0.5, 0.6) is 0 Å². The molecule has 1 aliphatic rings. The zero-order chi connectivity index (χ0) is 18.2. The fourth-order valence-electron chi connectivity index (χ4n) is 3.29. The van der Waals surface area contributed by atoms with Crippen LogP contribution in [0.4, 0.5) is 0 Å². The Morgan fingerprint density at radius 2 is 2.08 bits per heavy atom. The molecule has 2 atom stereocenters. The molecule has 5 nitrogen and oxygen atoms in total. The van der Waals surface area contributed by atoms with Gasteiger partial charge in [-0.05, 0) is 37.1 Å². The first-order chi connectivity index (χ1) is 11.8. The monoisotopic (exact) mass is 380 g/mol. The number of benzene rings is 1. The third-order valence-electron chi connectivity index (χ3n) is 4.78. The smallest absolute Gasteiger partial charge is 0.225 e. The molecule has 0 radical (unpaired) electrons. The molecular formula is C18H22Cl2N4O. The van der Waals surface area contributed by atoms with Crippen LogP contribution in [0.25, 0.3) is 0 Å². The van der Waals surface area contributed by atoms with Gasteiger partial charge >= 0.3 is 0 Å². The molecular weight excluding hydrogens is 359 g/mol. The lowest BCUT2D eigenvalue weighted by atomic mass is 9.88. The van der Waals surface area contributed by atoms with Crippen LogP contribution < -0.4 is 10.6 Å². The van der Waals surface area contributed by atoms with Gasteiger partial charge in [0.1, 0.15) is 0 Å². The normalized spacial score (nSPS) is 20.7. The van der Waals surface area contributed by atoms with Gasteiger partial charge in [0.2, 0.25) is 5.91 Å². The second-order valence-corrected chi connectivity index (χ2v) is 7.88. The van der Waals surface area contributed by atoms with E-state index in [0.29, 0.717) is 16.6 Å². The lowest BCUT2D eigenvalue weighted by Crippen LogP contribution is -2.45. The Balaban J connectivity index is 1.77. The third kappa shape index (κ3) is 3.84. The largest absolute Gasteiger partial charge is 0.347 e. The molecule has 0 spiro atoms. The zero-order valence-electron chi connectivity index (χ0n) is 14.5. The van der Waals surface area contributed by atoms with Crippen molar-refractivity contribution in [3.05, 3.63) is 51.8 Å². The molecule has 1 amide bonds. The highest BCUT2D eigenvalue weighted by atomic mass is 35.5. The van der Waals surface area contributed by atoms with Crippen molar-refractivity contribution in [1.82, 2.24) is 20.4 Å². The summed E-state index contributed by atoms with van der Waals surface area (Å²) in [6.45, 7) is 5.36. The molecule has 2 N–H and O–H groups in total. The summed E-state index contributed by atoms with van der Waals surface area (Å²) in [5.74, 6) is 0.0134. The minimum atomic E-state index is -0.548. The Morgan fingerprint density at radius 1 is 1.32 bits per heavy atom. The van der Waals surface area contributed by atoms with Crippen LogP contribution in [0.3, 0.4) is 0 Å². The van der Waals surface area contributed by atoms with Crippen molar-refractivity contribution in [3.8, 4) is 0 Å². The Labute approximate surface area is 157 Å². The van der Waals surface area contributed by atoms with E-state index in [2.05, 4.69) is 15.7 Å². The maximum Gasteiger partial charge on any atom is 0.225 e. The van der Waals surface area contributed by atoms with Gasteiger partial charge in [-0.2, -0.15) is 5.10 Å². The van der Waals surface area contributed by atoms with Gasteiger partial charge in [-0.15, -0.1) is 0 Å². The van der Waals surface area contributed by atoms with Crippen molar-refractivity contribution in [2.75, 3.05) is 13.1 Å². The lowest BCUT2D eigenvalue weighted by molar-refractivity contribution is -0.126. The summed E-state index contributed by atoms with van der Waals surface area (Å²) in [5, 5.41) is 11.7. The van der Waals surface area contributed by atoms with Gasteiger partial charge in [0.15, 0.2) is 0 Å². The molecule has 1 aromatic heterocycles. The van der Waals surface area contributed by atoms with E-state index in [1.807, 2.05) is 39.4 Å². The summed E-state index contributed by atoms with van der Waals surface area (Å²) >= 11 is 12.1. The molecule has 3 rings (SSSR count). The number of carbonyl (C=O) groups excluding carboxylic acids is 1. The molecule has 1 saturated heterocycles. The van der Waals surface area contributed by atoms with E-state index in [0.717, 1.165) is 17.7 Å². The van der Waals surface area contributed by atoms with Crippen molar-refractivity contribution in [1.29, 1.82) is 0 Å². The van der Waals surface area contributed by atoms with E-state index >= 15 is 0 Å². The van der Waals surface area contributed by atoms with Gasteiger partial charge in [0.05, 0.1) is 27.7 Å². The Bertz CT molecular complexity index is 787. The van der Waals surface area contributed by atoms with Gasteiger partial charge < -0.3 is 10.6 Å². The molecule has 1 fully saturated rings. The summed E-state index contributed by atoms with van der Waals surface area (Å²) in [6.07, 6.45) is 3.81. The molecule has 134 valence electrons. The number of aryl methyl sites for hydroxylation is 1. The summed E-state index contributed by atoms with van der Waals surface area (Å²) in [5.41, 5.74) is 1.45. The van der Waals surface area contributed by atoms with E-state index in [1.54, 1.807) is 16.8 Å². The number of hydrogen-bond donors (Lipinski definition) is 2. The quantitative estimate of drug-likeness (QED) is 0.856. The van der Waals surface area contributed by atoms with Crippen LogP contribution >= 0.6 is 23.2 Å². The molecule has 1 aromatic carbocycles. The van der Waals surface area contributed by atoms with E-state index < -0.39 is 5.54 Å². The number of hydrogen-bond acceptors (Lipinski definition) is 3. The number of nitrogens with zero attached hydrogens (tertiary/aromatic N) is 2. The maximum atomic E-state index is 12.9. The van der Waals surface area contributed by atoms with Crippen LogP contribution in [-0.2, 0) is 17.4 Å². The first-order valence-electron chi connectivity index (χ1n) is 8.25. The van der Waals surface area contributed by atoms with Gasteiger partial charge in [0, 0.05) is 32.3 Å². The highest BCUT2D eigenvalue weighted by molar-refractivity contribution is 6.42. The van der Waals surface area contributed by atoms with Gasteiger partial charge in [0.25, 0.3) is 0 Å². The minimum absolute atomic E-state index is 0.0231. The highest BCUT2D eigenvalue weighted by Crippen LogP contribution is 2.31. The number of aromatic nitrogens is 2. The zero-order valence-corrected chi connectivity index (χ0v) is 16.0. The van der Waals surface area contributed by atoms with Gasteiger partial charge in [-0.25, -0.2) is 0 Å². The molecule has 1 aliphatic heterocycles. The van der Waals surface area contributed by atoms with Gasteiger partial charge in [-0.3, -0.25) is 9.48 Å². The summed E-state index contributed by atoms with van der Waals surface area (Å²) in [7, 11) is 1.88. The number of carbonyl (C=O) groups is 1. The predicted molar refractivity (Wildman–Crippen MR) is 99.9 cm³/mol. The number of amides is 1. The van der Waals surface area contributed by atoms with Crippen LogP contribution in [0.15, 0.2) is 30.6 Å². The molecule has 2 heterocycles. The maximum absolute atomic E-state index is 12.9. The van der Waals surface area contributed by atoms with Crippen molar-refractivity contribution in [2.24, 2.45) is 13.0 Å².